The van der Waals surface area contributed by atoms with Crippen molar-refractivity contribution in [1.29, 1.82) is 0 Å². The number of anilines is 1. The van der Waals surface area contributed by atoms with Crippen molar-refractivity contribution in [2.45, 2.75) is 57.4 Å². The maximum absolute atomic E-state index is 12.9. The molecule has 0 saturated carbocycles. The Bertz CT molecular complexity index is 861. The van der Waals surface area contributed by atoms with Crippen molar-refractivity contribution in [1.82, 2.24) is 9.47 Å². The topological polar surface area (TPSA) is 57.5 Å². The van der Waals surface area contributed by atoms with Gasteiger partial charge in [0.25, 0.3) is 0 Å². The van der Waals surface area contributed by atoms with Crippen molar-refractivity contribution in [3.63, 3.8) is 0 Å². The summed E-state index contributed by atoms with van der Waals surface area (Å²) in [5.74, 6) is -0.774. The maximum Gasteiger partial charge on any atom is 0.406 e. The number of nitrogens with one attached hydrogen (secondary N) is 1. The van der Waals surface area contributed by atoms with Gasteiger partial charge >= 0.3 is 12.1 Å². The molecule has 2 heterocycles. The molecule has 0 radical (unpaired) electrons. The van der Waals surface area contributed by atoms with Gasteiger partial charge in [0.15, 0.2) is 0 Å². The van der Waals surface area contributed by atoms with Crippen LogP contribution in [0.1, 0.15) is 32.6 Å². The molecular formula is C20H25F3IN3O2. The molecule has 1 unspecified atom stereocenters. The molecule has 0 bridgehead atoms. The van der Waals surface area contributed by atoms with E-state index in [-0.39, 0.29) is 6.04 Å². The van der Waals surface area contributed by atoms with E-state index in [1.54, 1.807) is 18.2 Å². The van der Waals surface area contributed by atoms with Crippen LogP contribution >= 0.6 is 22.6 Å². The quantitative estimate of drug-likeness (QED) is 0.506. The molecule has 1 fully saturated rings. The lowest BCUT2D eigenvalue weighted by Crippen LogP contribution is -2.47. The molecule has 1 aliphatic heterocycles. The Kier molecular flexibility index (Phi) is 6.98. The predicted octanol–water partition coefficient (Wildman–Crippen LogP) is 4.94. The molecule has 0 spiro atoms. The van der Waals surface area contributed by atoms with Gasteiger partial charge in [-0.1, -0.05) is 19.4 Å². The van der Waals surface area contributed by atoms with Gasteiger partial charge in [0, 0.05) is 30.2 Å². The first-order valence-electron chi connectivity index (χ1n) is 9.77. The summed E-state index contributed by atoms with van der Waals surface area (Å²) in [5, 5.41) is 13.7. The summed E-state index contributed by atoms with van der Waals surface area (Å²) in [6, 6.07) is 6.86. The van der Waals surface area contributed by atoms with Crippen molar-refractivity contribution in [3.8, 4) is 0 Å². The minimum absolute atomic E-state index is 0.163. The number of carboxylic acids is 1. The zero-order valence-corrected chi connectivity index (χ0v) is 18.3. The number of benzene rings is 1. The molecule has 160 valence electrons. The van der Waals surface area contributed by atoms with Gasteiger partial charge in [-0.05, 0) is 60.1 Å². The summed E-state index contributed by atoms with van der Waals surface area (Å²) in [6.07, 6.45) is -1.22. The van der Waals surface area contributed by atoms with E-state index in [1.165, 1.54) is 4.57 Å². The normalized spacial score (nSPS) is 17.6. The molecule has 1 aromatic carbocycles. The third-order valence-electron chi connectivity index (χ3n) is 5.41. The number of aliphatic carboxylic acids is 1. The van der Waals surface area contributed by atoms with Crippen LogP contribution in [0.4, 0.5) is 18.9 Å². The molecule has 5 nitrogen and oxygen atoms in total. The molecule has 1 saturated heterocycles. The van der Waals surface area contributed by atoms with Gasteiger partial charge in [0.05, 0.1) is 9.22 Å². The Morgan fingerprint density at radius 1 is 1.34 bits per heavy atom. The van der Waals surface area contributed by atoms with E-state index < -0.39 is 24.7 Å². The van der Waals surface area contributed by atoms with E-state index in [0.29, 0.717) is 28.7 Å². The molecular weight excluding hydrogens is 498 g/mol. The predicted molar refractivity (Wildman–Crippen MR) is 115 cm³/mol. The first kappa shape index (κ1) is 22.2. The minimum atomic E-state index is -4.28. The van der Waals surface area contributed by atoms with Crippen LogP contribution in [0.3, 0.4) is 0 Å². The first-order valence-corrected chi connectivity index (χ1v) is 10.9. The van der Waals surface area contributed by atoms with Gasteiger partial charge in [-0.25, -0.2) is 0 Å². The Labute approximate surface area is 181 Å². The molecule has 9 heteroatoms. The molecule has 0 amide bonds. The van der Waals surface area contributed by atoms with Crippen LogP contribution in [-0.4, -0.2) is 51.9 Å². The van der Waals surface area contributed by atoms with Crippen molar-refractivity contribution >= 4 is 45.2 Å². The molecule has 1 aliphatic rings. The lowest BCUT2D eigenvalue weighted by Gasteiger charge is -2.36. The molecule has 1 atom stereocenters. The second kappa shape index (κ2) is 9.11. The van der Waals surface area contributed by atoms with E-state index in [9.17, 15) is 23.1 Å². The number of nitrogens with zero attached hydrogens (tertiary/aromatic N) is 2. The van der Waals surface area contributed by atoms with E-state index in [0.717, 1.165) is 30.3 Å². The van der Waals surface area contributed by atoms with Gasteiger partial charge < -0.3 is 15.0 Å². The van der Waals surface area contributed by atoms with Crippen molar-refractivity contribution in [2.75, 3.05) is 18.4 Å². The lowest BCUT2D eigenvalue weighted by molar-refractivity contribution is -0.144. The second-order valence-corrected chi connectivity index (χ2v) is 8.61. The number of carbonyl (C=O) groups is 1. The number of likely N-dealkylation sites (tertiary alicyclic amines) is 1. The summed E-state index contributed by atoms with van der Waals surface area (Å²) in [7, 11) is 0. The first-order chi connectivity index (χ1) is 13.7. The summed E-state index contributed by atoms with van der Waals surface area (Å²) >= 11 is 1.94. The van der Waals surface area contributed by atoms with Crippen LogP contribution in [-0.2, 0) is 11.3 Å². The zero-order valence-electron chi connectivity index (χ0n) is 16.2. The monoisotopic (exact) mass is 523 g/mol. The maximum atomic E-state index is 12.9. The largest absolute Gasteiger partial charge is 0.480 e. The van der Waals surface area contributed by atoms with Crippen LogP contribution in [0.2, 0.25) is 0 Å². The Morgan fingerprint density at radius 2 is 2.03 bits per heavy atom. The molecule has 3 rings (SSSR count). The number of aromatic nitrogens is 1. The van der Waals surface area contributed by atoms with Crippen molar-refractivity contribution in [2.24, 2.45) is 0 Å². The average molecular weight is 523 g/mol. The number of alkyl halides is 3. The highest BCUT2D eigenvalue weighted by atomic mass is 127. The van der Waals surface area contributed by atoms with E-state index >= 15 is 0 Å². The highest BCUT2D eigenvalue weighted by Gasteiger charge is 2.31. The van der Waals surface area contributed by atoms with Crippen molar-refractivity contribution < 1.29 is 23.1 Å². The van der Waals surface area contributed by atoms with Gasteiger partial charge in [0.2, 0.25) is 0 Å². The number of halogens is 4. The van der Waals surface area contributed by atoms with Crippen LogP contribution < -0.4 is 5.32 Å². The Hall–Kier alpha value is -1.49. The highest BCUT2D eigenvalue weighted by Crippen LogP contribution is 2.32. The van der Waals surface area contributed by atoms with Gasteiger partial charge in [-0.2, -0.15) is 13.2 Å². The number of rotatable bonds is 7. The fourth-order valence-electron chi connectivity index (χ4n) is 4.03. The standard InChI is InChI=1S/C20H25F3IN3O2/c1-2-4-17(19(28)29)26-9-7-13(8-10-26)25-15-5-3-6-16-14(15)11-18(24)27(16)12-20(21,22)23/h3,5-6,11,13,17,25H,2,4,7-10,12H2,1H3,(H,28,29). The molecule has 2 N–H and O–H groups in total. The highest BCUT2D eigenvalue weighted by molar-refractivity contribution is 14.1. The lowest BCUT2D eigenvalue weighted by atomic mass is 10.0. The number of piperidine rings is 1. The summed E-state index contributed by atoms with van der Waals surface area (Å²) < 4.78 is 40.6. The number of carboxylic acid groups (broad SMARTS) is 1. The van der Waals surface area contributed by atoms with Crippen molar-refractivity contribution in [3.05, 3.63) is 28.0 Å². The van der Waals surface area contributed by atoms with Crippen LogP contribution in [0.5, 0.6) is 0 Å². The number of fused-ring (bicyclic) bond motifs is 1. The zero-order chi connectivity index (χ0) is 21.2. The summed E-state index contributed by atoms with van der Waals surface area (Å²) in [4.78, 5) is 13.5. The number of hydrogen-bond acceptors (Lipinski definition) is 3. The minimum Gasteiger partial charge on any atom is -0.480 e. The molecule has 2 aromatic rings. The Morgan fingerprint density at radius 3 is 2.62 bits per heavy atom. The summed E-state index contributed by atoms with van der Waals surface area (Å²) in [6.45, 7) is 2.36. The average Bonchev–Trinajstić information content (AvgIpc) is 2.95. The second-order valence-electron chi connectivity index (χ2n) is 7.50. The molecule has 0 aliphatic carbocycles. The van der Waals surface area contributed by atoms with Crippen LogP contribution in [0.15, 0.2) is 24.3 Å². The van der Waals surface area contributed by atoms with Crippen LogP contribution in [0.25, 0.3) is 10.9 Å². The molecule has 29 heavy (non-hydrogen) atoms. The smallest absolute Gasteiger partial charge is 0.406 e. The van der Waals surface area contributed by atoms with E-state index in [1.807, 2.05) is 40.5 Å². The number of hydrogen-bond donors (Lipinski definition) is 2. The van der Waals surface area contributed by atoms with Gasteiger partial charge in [-0.15, -0.1) is 0 Å². The summed E-state index contributed by atoms with van der Waals surface area (Å²) in [5.41, 5.74) is 1.38. The Balaban J connectivity index is 1.72. The fraction of sp³-hybridized carbons (Fsp3) is 0.550. The third-order valence-corrected chi connectivity index (χ3v) is 6.30. The third kappa shape index (κ3) is 5.36. The van der Waals surface area contributed by atoms with Gasteiger partial charge in [-0.3, -0.25) is 9.69 Å². The SMILES string of the molecule is CCCC(C(=O)O)N1CCC(Nc2cccc3c2cc(I)n3CC(F)(F)F)CC1. The van der Waals surface area contributed by atoms with E-state index in [4.69, 9.17) is 0 Å². The van der Waals surface area contributed by atoms with E-state index in [2.05, 4.69) is 5.32 Å². The molecule has 1 aromatic heterocycles. The van der Waals surface area contributed by atoms with Crippen LogP contribution in [0, 0.1) is 3.70 Å². The fourth-order valence-corrected chi connectivity index (χ4v) is 4.77. The van der Waals surface area contributed by atoms with Gasteiger partial charge in [0.1, 0.15) is 12.6 Å².